The molecule has 8 heteroatoms. The van der Waals surface area contributed by atoms with Crippen LogP contribution in [0.1, 0.15) is 13.8 Å². The van der Waals surface area contributed by atoms with E-state index in [1.165, 1.54) is 17.2 Å². The van der Waals surface area contributed by atoms with E-state index in [0.717, 1.165) is 13.1 Å². The van der Waals surface area contributed by atoms with Gasteiger partial charge in [-0.2, -0.15) is 0 Å². The predicted molar refractivity (Wildman–Crippen MR) is 59.1 cm³/mol. The van der Waals surface area contributed by atoms with Crippen LogP contribution in [0.5, 0.6) is 0 Å². The van der Waals surface area contributed by atoms with E-state index in [4.69, 9.17) is 23.3 Å². The van der Waals surface area contributed by atoms with E-state index in [2.05, 4.69) is 76.3 Å². The standard InChI is InChI=1S/C7H14N2.5CO.Mo/c1-3-8-5-6-9(4-2)7-8;5*1-2;/h3-6H2,1-2H3;;;;;;. The average Bonchev–Trinajstić information content (AvgIpc) is 2.96. The Labute approximate surface area is 130 Å². The Bertz CT molecular complexity index is 260. The molecule has 0 N–H and O–H groups in total. The Balaban J connectivity index is -0.0000000639. The van der Waals surface area contributed by atoms with Crippen molar-refractivity contribution in [1.82, 2.24) is 9.80 Å². The molecule has 1 aliphatic heterocycles. The molecule has 0 amide bonds. The van der Waals surface area contributed by atoms with Gasteiger partial charge in [-0.15, -0.1) is 0 Å². The van der Waals surface area contributed by atoms with Gasteiger partial charge in [0.05, 0.1) is 0 Å². The second kappa shape index (κ2) is 36.2. The molecule has 7 nitrogen and oxygen atoms in total. The maximum absolute atomic E-state index is 7.50. The van der Waals surface area contributed by atoms with Gasteiger partial charge in [0.25, 0.3) is 0 Å². The molecule has 1 fully saturated rings. The molecule has 20 heavy (non-hydrogen) atoms. The summed E-state index contributed by atoms with van der Waals surface area (Å²) in [6, 6.07) is 0. The first-order valence-electron chi connectivity index (χ1n) is 4.85. The SMILES string of the molecule is CCN1CCN(CC)[C]1=[Mo].[C-]#[O+].[C-]#[O+].[C-]#[O+].[C-]#[O+].[C-]#[O+]. The Hall–Kier alpha value is -0.822. The van der Waals surface area contributed by atoms with Crippen molar-refractivity contribution < 1.29 is 42.6 Å². The van der Waals surface area contributed by atoms with Crippen LogP contribution in [0.15, 0.2) is 0 Å². The molecule has 1 rings (SSSR count). The van der Waals surface area contributed by atoms with Crippen molar-refractivity contribution in [2.45, 2.75) is 13.8 Å². The summed E-state index contributed by atoms with van der Waals surface area (Å²) in [7, 11) is 0. The summed E-state index contributed by atoms with van der Waals surface area (Å²) in [5.74, 6) is 0. The van der Waals surface area contributed by atoms with Crippen molar-refractivity contribution in [3.05, 3.63) is 33.3 Å². The van der Waals surface area contributed by atoms with Crippen LogP contribution in [0, 0.1) is 33.3 Å². The topological polar surface area (TPSA) is 106 Å². The quantitative estimate of drug-likeness (QED) is 0.394. The van der Waals surface area contributed by atoms with E-state index in [1.807, 2.05) is 0 Å². The molecular weight excluding hydrogens is 348 g/mol. The Morgan fingerprint density at radius 1 is 0.750 bits per heavy atom. The molecule has 0 atom stereocenters. The monoisotopic (exact) mass is 364 g/mol. The Kier molecular flexibility index (Phi) is 57.0. The second-order valence-electron chi connectivity index (χ2n) is 2.44. The van der Waals surface area contributed by atoms with E-state index in [0.29, 0.717) is 0 Å². The van der Waals surface area contributed by atoms with Crippen LogP contribution < -0.4 is 0 Å². The van der Waals surface area contributed by atoms with Gasteiger partial charge in [0.1, 0.15) is 0 Å². The van der Waals surface area contributed by atoms with Crippen molar-refractivity contribution in [1.29, 1.82) is 0 Å². The normalized spacial score (nSPS) is 11.7. The molecule has 0 aromatic rings. The van der Waals surface area contributed by atoms with Gasteiger partial charge in [-0.1, -0.05) is 0 Å². The molecule has 0 spiro atoms. The number of hydrogen-bond donors (Lipinski definition) is 0. The summed E-state index contributed by atoms with van der Waals surface area (Å²) in [6.45, 7) is 31.7. The molecule has 0 radical (unpaired) electrons. The minimum atomic E-state index is 1.16. The third kappa shape index (κ3) is 17.2. The third-order valence-electron chi connectivity index (χ3n) is 1.94. The molecule has 1 saturated heterocycles. The van der Waals surface area contributed by atoms with Gasteiger partial charge in [0.2, 0.25) is 0 Å². The summed E-state index contributed by atoms with van der Waals surface area (Å²) in [5, 5.41) is 0. The molecular formula is C12H14MoN2O5. The molecule has 0 aliphatic carbocycles. The van der Waals surface area contributed by atoms with Crippen LogP contribution in [-0.2, 0) is 42.6 Å². The van der Waals surface area contributed by atoms with Crippen molar-refractivity contribution in [3.63, 3.8) is 0 Å². The zero-order valence-corrected chi connectivity index (χ0v) is 13.2. The molecule has 108 valence electrons. The second-order valence-corrected chi connectivity index (χ2v) is 3.34. The summed E-state index contributed by atoms with van der Waals surface area (Å²) in [5.41, 5.74) is 0. The van der Waals surface area contributed by atoms with E-state index in [-0.39, 0.29) is 0 Å². The number of rotatable bonds is 2. The molecule has 0 aromatic carbocycles. The minimum absolute atomic E-state index is 1.16. The van der Waals surface area contributed by atoms with Gasteiger partial charge in [-0.25, -0.2) is 0 Å². The van der Waals surface area contributed by atoms with E-state index >= 15 is 0 Å². The fourth-order valence-corrected chi connectivity index (χ4v) is 2.30. The summed E-state index contributed by atoms with van der Waals surface area (Å²) >= 11 is 2.14. The Morgan fingerprint density at radius 3 is 1.05 bits per heavy atom. The van der Waals surface area contributed by atoms with Crippen molar-refractivity contribution in [2.75, 3.05) is 26.2 Å². The van der Waals surface area contributed by atoms with Crippen molar-refractivity contribution in [3.8, 4) is 0 Å². The van der Waals surface area contributed by atoms with Crippen LogP contribution in [0.25, 0.3) is 0 Å². The fourth-order valence-electron chi connectivity index (χ4n) is 1.22. The zero-order valence-electron chi connectivity index (χ0n) is 11.2. The molecule has 0 unspecified atom stereocenters. The average molecular weight is 362 g/mol. The predicted octanol–water partition coefficient (Wildman–Crippen LogP) is 0.0905. The first kappa shape index (κ1) is 31.5. The first-order chi connectivity index (χ1) is 9.79. The number of hydrogen-bond acceptors (Lipinski definition) is 2. The van der Waals surface area contributed by atoms with Crippen LogP contribution in [0.3, 0.4) is 0 Å². The van der Waals surface area contributed by atoms with Gasteiger partial charge in [0, 0.05) is 0 Å². The molecule has 1 heterocycles. The van der Waals surface area contributed by atoms with E-state index in [9.17, 15) is 0 Å². The maximum atomic E-state index is 7.50. The first-order valence-corrected chi connectivity index (χ1v) is 5.85. The summed E-state index contributed by atoms with van der Waals surface area (Å²) in [6.07, 6.45) is 0. The van der Waals surface area contributed by atoms with Gasteiger partial charge < -0.3 is 0 Å². The summed E-state index contributed by atoms with van der Waals surface area (Å²) in [4.78, 5) is 4.85. The van der Waals surface area contributed by atoms with Crippen molar-refractivity contribution >= 4 is 4.15 Å². The van der Waals surface area contributed by atoms with E-state index in [1.54, 1.807) is 0 Å². The van der Waals surface area contributed by atoms with Crippen molar-refractivity contribution in [2.24, 2.45) is 0 Å². The zero-order chi connectivity index (χ0) is 17.6. The van der Waals surface area contributed by atoms with Crippen LogP contribution >= 0.6 is 0 Å². The van der Waals surface area contributed by atoms with Crippen LogP contribution in [0.4, 0.5) is 0 Å². The van der Waals surface area contributed by atoms with Crippen LogP contribution in [0.2, 0.25) is 0 Å². The molecule has 0 bridgehead atoms. The molecule has 1 aliphatic rings. The third-order valence-corrected chi connectivity index (χ3v) is 3.21. The molecule has 0 saturated carbocycles. The fraction of sp³-hybridized carbons (Fsp3) is 0.500. The Morgan fingerprint density at radius 2 is 0.950 bits per heavy atom. The molecule has 0 aromatic heterocycles. The van der Waals surface area contributed by atoms with E-state index < -0.39 is 0 Å². The van der Waals surface area contributed by atoms with Crippen LogP contribution in [-0.4, -0.2) is 40.1 Å². The van der Waals surface area contributed by atoms with Gasteiger partial charge in [-0.3, -0.25) is 0 Å². The number of likely N-dealkylation sites (N-methyl/N-ethyl adjacent to an activating group) is 2. The summed E-state index contributed by atoms with van der Waals surface area (Å²) < 4.78 is 39.0. The van der Waals surface area contributed by atoms with Gasteiger partial charge >= 0.3 is 130 Å². The number of nitrogens with zero attached hydrogens (tertiary/aromatic N) is 2. The van der Waals surface area contributed by atoms with Gasteiger partial charge in [0.15, 0.2) is 0 Å². The van der Waals surface area contributed by atoms with Gasteiger partial charge in [-0.05, 0) is 0 Å².